The number of aliphatic imine (C=N–C) groups is 1. The molecule has 0 amide bonds. The summed E-state index contributed by atoms with van der Waals surface area (Å²) >= 11 is 1.08. The normalized spacial score (nSPS) is 12.1. The number of hydrogen-bond acceptors (Lipinski definition) is 5. The van der Waals surface area contributed by atoms with Crippen LogP contribution in [0.3, 0.4) is 0 Å². The van der Waals surface area contributed by atoms with Gasteiger partial charge in [0.25, 0.3) is 5.56 Å². The first-order valence-electron chi connectivity index (χ1n) is 8.84. The lowest BCUT2D eigenvalue weighted by Gasteiger charge is -2.03. The Balaban J connectivity index is 1.68. The molecule has 2 N–H and O–H groups in total. The van der Waals surface area contributed by atoms with E-state index in [9.17, 15) is 22.8 Å². The Kier molecular flexibility index (Phi) is 5.19. The van der Waals surface area contributed by atoms with Gasteiger partial charge >= 0.3 is 12.1 Å². The summed E-state index contributed by atoms with van der Waals surface area (Å²) in [4.78, 5) is 31.8. The molecule has 0 saturated heterocycles. The third kappa shape index (κ3) is 4.12. The highest BCUT2D eigenvalue weighted by atomic mass is 32.1. The molecular formula is C20H13F3N4O3S. The average molecular weight is 446 g/mol. The minimum atomic E-state index is -4.80. The predicted molar refractivity (Wildman–Crippen MR) is 109 cm³/mol. The van der Waals surface area contributed by atoms with Crippen LogP contribution in [-0.4, -0.2) is 32.1 Å². The molecule has 0 radical (unpaired) electrons. The van der Waals surface area contributed by atoms with E-state index >= 15 is 0 Å². The molecule has 2 aromatic carbocycles. The maximum atomic E-state index is 13.5. The first kappa shape index (κ1) is 20.5. The van der Waals surface area contributed by atoms with E-state index in [1.807, 2.05) is 0 Å². The molecule has 4 rings (SSSR count). The summed E-state index contributed by atoms with van der Waals surface area (Å²) < 4.78 is 42.0. The Bertz CT molecular complexity index is 1320. The summed E-state index contributed by atoms with van der Waals surface area (Å²) in [6.45, 7) is -0.0248. The summed E-state index contributed by atoms with van der Waals surface area (Å²) in [5.41, 5.74) is -1.54. The van der Waals surface area contributed by atoms with Crippen LogP contribution in [0.5, 0.6) is 0 Å². The number of halogens is 3. The number of aromatic amines is 1. The van der Waals surface area contributed by atoms with Crippen molar-refractivity contribution in [3.63, 3.8) is 0 Å². The van der Waals surface area contributed by atoms with E-state index in [0.29, 0.717) is 11.1 Å². The Hall–Kier alpha value is -3.73. The lowest BCUT2D eigenvalue weighted by molar-refractivity contribution is -0.141. The second-order valence-corrected chi connectivity index (χ2v) is 7.48. The largest absolute Gasteiger partial charge is 0.478 e. The molecule has 7 nitrogen and oxygen atoms in total. The number of fused-ring (bicyclic) bond motifs is 1. The standard InChI is InChI=1S/C20H13F3N4O3S/c21-20(22,23)16-13(10-24-9-11-5-7-12(8-6-11)18(29)30)17(28)27(26-16)19-25-14-3-1-2-4-15(14)31-19/h1-8,10,26H,9H2,(H,29,30). The molecule has 2 aromatic heterocycles. The van der Waals surface area contributed by atoms with Crippen molar-refractivity contribution in [3.8, 4) is 5.13 Å². The number of nitrogens with one attached hydrogen (secondary N) is 1. The van der Waals surface area contributed by atoms with Gasteiger partial charge in [0.1, 0.15) is 0 Å². The Morgan fingerprint density at radius 2 is 1.90 bits per heavy atom. The van der Waals surface area contributed by atoms with Gasteiger partial charge in [-0.15, -0.1) is 0 Å². The van der Waals surface area contributed by atoms with E-state index in [2.05, 4.69) is 15.1 Å². The van der Waals surface area contributed by atoms with Gasteiger partial charge in [-0.3, -0.25) is 14.9 Å². The lowest BCUT2D eigenvalue weighted by atomic mass is 10.1. The molecule has 0 saturated carbocycles. The Morgan fingerprint density at radius 1 is 1.19 bits per heavy atom. The average Bonchev–Trinajstić information content (AvgIpc) is 3.29. The number of H-pyrrole nitrogens is 1. The van der Waals surface area contributed by atoms with Crippen molar-refractivity contribution >= 4 is 33.7 Å². The van der Waals surface area contributed by atoms with Gasteiger partial charge in [-0.2, -0.15) is 17.9 Å². The number of aromatic carboxylic acids is 1. The molecule has 0 aliphatic carbocycles. The van der Waals surface area contributed by atoms with Crippen LogP contribution in [0.15, 0.2) is 58.3 Å². The van der Waals surface area contributed by atoms with Crippen molar-refractivity contribution in [2.75, 3.05) is 0 Å². The van der Waals surface area contributed by atoms with E-state index in [-0.39, 0.29) is 17.2 Å². The molecule has 0 spiro atoms. The van der Waals surface area contributed by atoms with Gasteiger partial charge in [0.2, 0.25) is 5.13 Å². The molecule has 0 atom stereocenters. The SMILES string of the molecule is O=C(O)c1ccc(CN=Cc2c(C(F)(F)F)[nH]n(-c3nc4ccccc4s3)c2=O)cc1. The first-order chi connectivity index (χ1) is 14.7. The lowest BCUT2D eigenvalue weighted by Crippen LogP contribution is -2.17. The molecule has 0 aliphatic heterocycles. The molecule has 0 bridgehead atoms. The van der Waals surface area contributed by atoms with Crippen LogP contribution in [0.1, 0.15) is 27.2 Å². The van der Waals surface area contributed by atoms with Gasteiger partial charge in [-0.1, -0.05) is 35.6 Å². The smallest absolute Gasteiger partial charge is 0.433 e. The van der Waals surface area contributed by atoms with Crippen LogP contribution < -0.4 is 5.56 Å². The monoisotopic (exact) mass is 446 g/mol. The van der Waals surface area contributed by atoms with E-state index < -0.39 is 29.0 Å². The zero-order chi connectivity index (χ0) is 22.2. The summed E-state index contributed by atoms with van der Waals surface area (Å²) in [7, 11) is 0. The van der Waals surface area contributed by atoms with Gasteiger partial charge < -0.3 is 5.11 Å². The second-order valence-electron chi connectivity index (χ2n) is 6.47. The Labute approximate surface area is 176 Å². The van der Waals surface area contributed by atoms with Gasteiger partial charge in [-0.25, -0.2) is 9.78 Å². The summed E-state index contributed by atoms with van der Waals surface area (Å²) in [5.74, 6) is -1.09. The zero-order valence-corrected chi connectivity index (χ0v) is 16.4. The second kappa shape index (κ2) is 7.84. The highest BCUT2D eigenvalue weighted by molar-refractivity contribution is 7.20. The number of alkyl halides is 3. The van der Waals surface area contributed by atoms with E-state index in [0.717, 1.165) is 26.9 Å². The number of aromatic nitrogens is 3. The van der Waals surface area contributed by atoms with Gasteiger partial charge in [-0.05, 0) is 29.8 Å². The van der Waals surface area contributed by atoms with Crippen LogP contribution in [0.4, 0.5) is 13.2 Å². The third-order valence-corrected chi connectivity index (χ3v) is 5.40. The van der Waals surface area contributed by atoms with Crippen LogP contribution in [-0.2, 0) is 12.7 Å². The Morgan fingerprint density at radius 3 is 2.55 bits per heavy atom. The fourth-order valence-electron chi connectivity index (χ4n) is 2.87. The highest BCUT2D eigenvalue weighted by Crippen LogP contribution is 2.30. The summed E-state index contributed by atoms with van der Waals surface area (Å²) in [5, 5.41) is 11.1. The van der Waals surface area contributed by atoms with Crippen molar-refractivity contribution < 1.29 is 23.1 Å². The maximum absolute atomic E-state index is 13.5. The number of nitrogens with zero attached hydrogens (tertiary/aromatic N) is 3. The molecule has 0 aliphatic rings. The number of benzene rings is 2. The molecular weight excluding hydrogens is 433 g/mol. The quantitative estimate of drug-likeness (QED) is 0.451. The highest BCUT2D eigenvalue weighted by Gasteiger charge is 2.38. The maximum Gasteiger partial charge on any atom is 0.433 e. The number of thiazole rings is 1. The number of carbonyl (C=O) groups is 1. The van der Waals surface area contributed by atoms with Crippen molar-refractivity contribution in [2.45, 2.75) is 12.7 Å². The minimum Gasteiger partial charge on any atom is -0.478 e. The van der Waals surface area contributed by atoms with Crippen molar-refractivity contribution in [2.24, 2.45) is 4.99 Å². The molecule has 31 heavy (non-hydrogen) atoms. The van der Waals surface area contributed by atoms with E-state index in [4.69, 9.17) is 5.11 Å². The molecule has 4 aromatic rings. The minimum absolute atomic E-state index is 0.0248. The number of hydrogen-bond donors (Lipinski definition) is 2. The van der Waals surface area contributed by atoms with Crippen LogP contribution >= 0.6 is 11.3 Å². The topological polar surface area (TPSA) is 100 Å². The number of rotatable bonds is 5. The van der Waals surface area contributed by atoms with Gasteiger partial charge in [0, 0.05) is 6.21 Å². The molecule has 11 heteroatoms. The summed E-state index contributed by atoms with van der Waals surface area (Å²) in [6.07, 6.45) is -3.93. The van der Waals surface area contributed by atoms with Gasteiger partial charge in [0.15, 0.2) is 5.69 Å². The first-order valence-corrected chi connectivity index (χ1v) is 9.66. The zero-order valence-electron chi connectivity index (χ0n) is 15.6. The predicted octanol–water partition coefficient (Wildman–Crippen LogP) is 4.11. The van der Waals surface area contributed by atoms with Crippen LogP contribution in [0.2, 0.25) is 0 Å². The van der Waals surface area contributed by atoms with E-state index in [1.54, 1.807) is 24.3 Å². The molecule has 0 fully saturated rings. The molecule has 2 heterocycles. The van der Waals surface area contributed by atoms with E-state index in [1.165, 1.54) is 24.3 Å². The summed E-state index contributed by atoms with van der Waals surface area (Å²) in [6, 6.07) is 12.7. The van der Waals surface area contributed by atoms with Gasteiger partial charge in [0.05, 0.1) is 27.9 Å². The van der Waals surface area contributed by atoms with Crippen molar-refractivity contribution in [3.05, 3.63) is 81.3 Å². The number of para-hydroxylation sites is 1. The van der Waals surface area contributed by atoms with Crippen molar-refractivity contribution in [1.29, 1.82) is 0 Å². The van der Waals surface area contributed by atoms with Crippen LogP contribution in [0, 0.1) is 0 Å². The fourth-order valence-corrected chi connectivity index (χ4v) is 3.80. The van der Waals surface area contributed by atoms with Crippen LogP contribution in [0.25, 0.3) is 15.3 Å². The fraction of sp³-hybridized carbons (Fsp3) is 0.100. The third-order valence-electron chi connectivity index (χ3n) is 4.38. The number of carboxylic acid groups (broad SMARTS) is 1. The molecule has 158 valence electrons. The van der Waals surface area contributed by atoms with Crippen molar-refractivity contribution in [1.82, 2.24) is 14.8 Å². The number of carboxylic acids is 1. The molecule has 0 unspecified atom stereocenters.